The van der Waals surface area contributed by atoms with Gasteiger partial charge in [-0.3, -0.25) is 4.79 Å². The van der Waals surface area contributed by atoms with E-state index >= 15 is 0 Å². The summed E-state index contributed by atoms with van der Waals surface area (Å²) in [5.41, 5.74) is 3.86. The van der Waals surface area contributed by atoms with Crippen LogP contribution in [0.3, 0.4) is 0 Å². The maximum absolute atomic E-state index is 13.4. The number of aromatic nitrogens is 2. The monoisotopic (exact) mass is 447 g/mol. The van der Waals surface area contributed by atoms with E-state index in [1.807, 2.05) is 38.1 Å². The Balaban J connectivity index is 1.60. The number of hydrogen-bond acceptors (Lipinski definition) is 3. The minimum absolute atomic E-state index is 0.138. The lowest BCUT2D eigenvalue weighted by Crippen LogP contribution is -2.12. The molecule has 0 saturated heterocycles. The average molecular weight is 447 g/mol. The van der Waals surface area contributed by atoms with Crippen LogP contribution in [-0.2, 0) is 11.2 Å². The standard InChI is InChI=1S/C26H23F2N3O2/c1-17-3-9-21(10-4-17)29-25(32)16-15-24-18(2)30-31(22-11-5-19(27)6-12-22)26(24)33-23-13-7-20(28)8-14-23/h3-14H,15-16H2,1-2H3,(H,29,32). The van der Waals surface area contributed by atoms with Gasteiger partial charge in [0.15, 0.2) is 0 Å². The average Bonchev–Trinajstić information content (AvgIpc) is 3.11. The van der Waals surface area contributed by atoms with E-state index in [0.29, 0.717) is 29.4 Å². The molecule has 0 bridgehead atoms. The van der Waals surface area contributed by atoms with Crippen LogP contribution in [0, 0.1) is 25.5 Å². The summed E-state index contributed by atoms with van der Waals surface area (Å²) >= 11 is 0. The summed E-state index contributed by atoms with van der Waals surface area (Å²) in [6.45, 7) is 3.81. The fourth-order valence-corrected chi connectivity index (χ4v) is 3.40. The normalized spacial score (nSPS) is 10.8. The summed E-state index contributed by atoms with van der Waals surface area (Å²) in [7, 11) is 0. The molecule has 4 rings (SSSR count). The van der Waals surface area contributed by atoms with Gasteiger partial charge in [0, 0.05) is 17.7 Å². The van der Waals surface area contributed by atoms with Gasteiger partial charge in [0.25, 0.3) is 0 Å². The zero-order chi connectivity index (χ0) is 23.4. The molecule has 4 aromatic rings. The molecule has 1 amide bonds. The van der Waals surface area contributed by atoms with Crippen LogP contribution < -0.4 is 10.1 Å². The first-order valence-electron chi connectivity index (χ1n) is 10.5. The third kappa shape index (κ3) is 5.44. The molecule has 0 unspecified atom stereocenters. The van der Waals surface area contributed by atoms with E-state index in [4.69, 9.17) is 4.74 Å². The first-order valence-corrected chi connectivity index (χ1v) is 10.5. The van der Waals surface area contributed by atoms with Gasteiger partial charge in [-0.15, -0.1) is 0 Å². The molecule has 1 heterocycles. The molecule has 168 valence electrons. The Morgan fingerprint density at radius 3 is 2.15 bits per heavy atom. The largest absolute Gasteiger partial charge is 0.439 e. The van der Waals surface area contributed by atoms with Crippen LogP contribution in [0.25, 0.3) is 5.69 Å². The van der Waals surface area contributed by atoms with E-state index in [-0.39, 0.29) is 24.0 Å². The molecular formula is C26H23F2N3O2. The Hall–Kier alpha value is -4.00. The van der Waals surface area contributed by atoms with Crippen LogP contribution in [-0.4, -0.2) is 15.7 Å². The number of anilines is 1. The number of hydrogen-bond donors (Lipinski definition) is 1. The van der Waals surface area contributed by atoms with Crippen LogP contribution in [0.15, 0.2) is 72.8 Å². The van der Waals surface area contributed by atoms with Crippen LogP contribution in [0.1, 0.15) is 23.2 Å². The number of carbonyl (C=O) groups excluding carboxylic acids is 1. The molecule has 0 spiro atoms. The Labute approximate surface area is 190 Å². The van der Waals surface area contributed by atoms with Crippen molar-refractivity contribution in [3.63, 3.8) is 0 Å². The fraction of sp³-hybridized carbons (Fsp3) is 0.154. The highest BCUT2D eigenvalue weighted by Crippen LogP contribution is 2.32. The topological polar surface area (TPSA) is 56.2 Å². The van der Waals surface area contributed by atoms with Crippen molar-refractivity contribution in [2.75, 3.05) is 5.32 Å². The number of carbonyl (C=O) groups is 1. The number of amides is 1. The molecule has 1 N–H and O–H groups in total. The number of rotatable bonds is 7. The molecule has 1 aromatic heterocycles. The maximum Gasteiger partial charge on any atom is 0.226 e. The summed E-state index contributed by atoms with van der Waals surface area (Å²) < 4.78 is 34.4. The molecule has 5 nitrogen and oxygen atoms in total. The van der Waals surface area contributed by atoms with Crippen LogP contribution in [0.5, 0.6) is 11.6 Å². The number of ether oxygens (including phenoxy) is 1. The van der Waals surface area contributed by atoms with Crippen molar-refractivity contribution in [2.45, 2.75) is 26.7 Å². The van der Waals surface area contributed by atoms with E-state index in [1.165, 1.54) is 36.4 Å². The Morgan fingerprint density at radius 1 is 0.909 bits per heavy atom. The molecule has 0 fully saturated rings. The van der Waals surface area contributed by atoms with Crippen molar-refractivity contribution in [1.82, 2.24) is 9.78 Å². The zero-order valence-electron chi connectivity index (χ0n) is 18.3. The van der Waals surface area contributed by atoms with Crippen molar-refractivity contribution in [3.8, 4) is 17.3 Å². The van der Waals surface area contributed by atoms with Gasteiger partial charge in [-0.25, -0.2) is 13.5 Å². The minimum Gasteiger partial charge on any atom is -0.439 e. The summed E-state index contributed by atoms with van der Waals surface area (Å²) in [6, 6.07) is 19.1. The van der Waals surface area contributed by atoms with Gasteiger partial charge in [-0.1, -0.05) is 17.7 Å². The lowest BCUT2D eigenvalue weighted by Gasteiger charge is -2.12. The predicted octanol–water partition coefficient (Wildman–Crippen LogP) is 6.13. The van der Waals surface area contributed by atoms with Crippen molar-refractivity contribution in [1.29, 1.82) is 0 Å². The van der Waals surface area contributed by atoms with Gasteiger partial charge in [-0.05, 0) is 80.9 Å². The van der Waals surface area contributed by atoms with Gasteiger partial charge in [0.2, 0.25) is 11.8 Å². The smallest absolute Gasteiger partial charge is 0.226 e. The van der Waals surface area contributed by atoms with Crippen molar-refractivity contribution in [2.24, 2.45) is 0 Å². The van der Waals surface area contributed by atoms with Crippen LogP contribution in [0.2, 0.25) is 0 Å². The van der Waals surface area contributed by atoms with Crippen molar-refractivity contribution in [3.05, 3.63) is 101 Å². The summed E-state index contributed by atoms with van der Waals surface area (Å²) in [5.74, 6) is -0.0606. The Bertz CT molecular complexity index is 1250. The van der Waals surface area contributed by atoms with E-state index in [0.717, 1.165) is 16.8 Å². The quantitative estimate of drug-likeness (QED) is 0.371. The van der Waals surface area contributed by atoms with E-state index in [1.54, 1.807) is 16.8 Å². The number of benzene rings is 3. The first kappa shape index (κ1) is 22.2. The molecule has 0 saturated carbocycles. The van der Waals surface area contributed by atoms with Crippen LogP contribution in [0.4, 0.5) is 14.5 Å². The molecule has 0 aliphatic rings. The highest BCUT2D eigenvalue weighted by atomic mass is 19.1. The fourth-order valence-electron chi connectivity index (χ4n) is 3.40. The van der Waals surface area contributed by atoms with Gasteiger partial charge in [0.1, 0.15) is 17.4 Å². The van der Waals surface area contributed by atoms with Crippen molar-refractivity contribution < 1.29 is 18.3 Å². The van der Waals surface area contributed by atoms with Gasteiger partial charge < -0.3 is 10.1 Å². The maximum atomic E-state index is 13.4. The number of nitrogens with one attached hydrogen (secondary N) is 1. The number of nitrogens with zero attached hydrogens (tertiary/aromatic N) is 2. The molecule has 0 radical (unpaired) electrons. The van der Waals surface area contributed by atoms with Gasteiger partial charge >= 0.3 is 0 Å². The van der Waals surface area contributed by atoms with Crippen LogP contribution >= 0.6 is 0 Å². The summed E-state index contributed by atoms with van der Waals surface area (Å²) in [5, 5.41) is 7.45. The van der Waals surface area contributed by atoms with E-state index in [2.05, 4.69) is 10.4 Å². The lowest BCUT2D eigenvalue weighted by atomic mass is 10.1. The van der Waals surface area contributed by atoms with Crippen molar-refractivity contribution >= 4 is 11.6 Å². The Kier molecular flexibility index (Phi) is 6.49. The minimum atomic E-state index is -0.376. The Morgan fingerprint density at radius 2 is 1.52 bits per heavy atom. The number of halogens is 2. The molecule has 0 aliphatic carbocycles. The molecule has 7 heteroatoms. The second-order valence-electron chi connectivity index (χ2n) is 7.73. The molecule has 0 atom stereocenters. The molecular weight excluding hydrogens is 424 g/mol. The van der Waals surface area contributed by atoms with Gasteiger partial charge in [0.05, 0.1) is 11.4 Å². The third-order valence-corrected chi connectivity index (χ3v) is 5.17. The molecule has 0 aliphatic heterocycles. The molecule has 33 heavy (non-hydrogen) atoms. The number of aryl methyl sites for hydroxylation is 2. The molecule has 3 aromatic carbocycles. The highest BCUT2D eigenvalue weighted by Gasteiger charge is 2.20. The summed E-state index contributed by atoms with van der Waals surface area (Å²) in [4.78, 5) is 12.5. The second kappa shape index (κ2) is 9.65. The predicted molar refractivity (Wildman–Crippen MR) is 123 cm³/mol. The highest BCUT2D eigenvalue weighted by molar-refractivity contribution is 5.90. The van der Waals surface area contributed by atoms with Gasteiger partial charge in [-0.2, -0.15) is 5.10 Å². The SMILES string of the molecule is Cc1ccc(NC(=O)CCc2c(C)nn(-c3ccc(F)cc3)c2Oc2ccc(F)cc2)cc1. The third-order valence-electron chi connectivity index (χ3n) is 5.17. The second-order valence-corrected chi connectivity index (χ2v) is 7.73. The summed E-state index contributed by atoms with van der Waals surface area (Å²) in [6.07, 6.45) is 0.588. The van der Waals surface area contributed by atoms with E-state index in [9.17, 15) is 13.6 Å². The lowest BCUT2D eigenvalue weighted by molar-refractivity contribution is -0.116. The van der Waals surface area contributed by atoms with E-state index < -0.39 is 0 Å². The first-order chi connectivity index (χ1) is 15.9. The zero-order valence-corrected chi connectivity index (χ0v) is 18.3.